The lowest BCUT2D eigenvalue weighted by molar-refractivity contribution is -0.143. The Morgan fingerprint density at radius 1 is 1.16 bits per heavy atom. The summed E-state index contributed by atoms with van der Waals surface area (Å²) in [5.74, 6) is -1.17. The molecular weight excluding hydrogens is 419 g/mol. The van der Waals surface area contributed by atoms with Crippen LogP contribution in [0.15, 0.2) is 40.8 Å². The van der Waals surface area contributed by atoms with Gasteiger partial charge in [0.25, 0.3) is 0 Å². The third kappa shape index (κ3) is 4.86. The van der Waals surface area contributed by atoms with Crippen molar-refractivity contribution < 1.29 is 28.6 Å². The van der Waals surface area contributed by atoms with Gasteiger partial charge in [-0.1, -0.05) is 12.1 Å². The molecule has 0 spiro atoms. The second kappa shape index (κ2) is 8.65. The standard InChI is InChI=1S/C22H25N2O6P/c1-14-5-7-16-18(11-14)30-19-12-15(23(2)3)6-8-17(19)22(16)31(28,29)10-9-20(25)24(4)13-21(26)27/h5-8,11-12H,9-10,13H2,1-4H3,(H-,26,27,28,29)/p+1. The molecule has 0 aromatic heterocycles. The number of hydrogen-bond donors (Lipinski definition) is 2. The van der Waals surface area contributed by atoms with E-state index in [0.717, 1.165) is 15.8 Å². The van der Waals surface area contributed by atoms with Crippen molar-refractivity contribution in [1.29, 1.82) is 0 Å². The molecule has 1 aliphatic carbocycles. The maximum absolute atomic E-state index is 13.5. The zero-order chi connectivity index (χ0) is 22.9. The van der Waals surface area contributed by atoms with Crippen molar-refractivity contribution in [2.24, 2.45) is 0 Å². The number of likely N-dealkylation sites (N-methyl/N-ethyl adjacent to an activating group) is 1. The molecule has 1 heterocycles. The Labute approximate surface area is 179 Å². The van der Waals surface area contributed by atoms with Gasteiger partial charge in [-0.2, -0.15) is 0 Å². The van der Waals surface area contributed by atoms with Crippen molar-refractivity contribution in [3.8, 4) is 11.3 Å². The predicted molar refractivity (Wildman–Crippen MR) is 119 cm³/mol. The summed E-state index contributed by atoms with van der Waals surface area (Å²) >= 11 is 0. The molecule has 9 heteroatoms. The second-order valence-corrected chi connectivity index (χ2v) is 10.1. The van der Waals surface area contributed by atoms with Crippen LogP contribution in [0.1, 0.15) is 12.0 Å². The minimum absolute atomic E-state index is 0.242. The molecule has 0 fully saturated rings. The van der Waals surface area contributed by atoms with Crippen molar-refractivity contribution in [1.82, 2.24) is 9.48 Å². The number of carboxylic acid groups (broad SMARTS) is 1. The highest BCUT2D eigenvalue weighted by Crippen LogP contribution is 2.46. The van der Waals surface area contributed by atoms with E-state index in [0.29, 0.717) is 22.3 Å². The number of carboxylic acids is 1. The molecule has 2 N–H and O–H groups in total. The lowest BCUT2D eigenvalue weighted by Crippen LogP contribution is -2.32. The molecule has 1 aromatic rings. The fraction of sp³-hybridized carbons (Fsp3) is 0.318. The van der Waals surface area contributed by atoms with E-state index < -0.39 is 25.8 Å². The highest BCUT2D eigenvalue weighted by atomic mass is 31.2. The Balaban J connectivity index is 2.12. The van der Waals surface area contributed by atoms with Crippen LogP contribution in [-0.2, 0) is 14.2 Å². The van der Waals surface area contributed by atoms with Crippen LogP contribution in [0.3, 0.4) is 0 Å². The number of benzene rings is 2. The summed E-state index contributed by atoms with van der Waals surface area (Å²) in [6.45, 7) is 1.45. The van der Waals surface area contributed by atoms with Crippen LogP contribution in [0.4, 0.5) is 0 Å². The maximum Gasteiger partial charge on any atom is 0.323 e. The van der Waals surface area contributed by atoms with E-state index in [9.17, 15) is 19.0 Å². The first-order valence-corrected chi connectivity index (χ1v) is 11.6. The fourth-order valence-corrected chi connectivity index (χ4v) is 5.30. The van der Waals surface area contributed by atoms with Crippen molar-refractivity contribution in [3.63, 3.8) is 0 Å². The van der Waals surface area contributed by atoms with Crippen molar-refractivity contribution >= 4 is 35.5 Å². The minimum Gasteiger partial charge on any atom is -0.480 e. The summed E-state index contributed by atoms with van der Waals surface area (Å²) in [6, 6.07) is 10.8. The lowest BCUT2D eigenvalue weighted by Gasteiger charge is -2.20. The van der Waals surface area contributed by atoms with E-state index in [1.165, 1.54) is 7.05 Å². The molecule has 1 amide bonds. The van der Waals surface area contributed by atoms with Crippen LogP contribution in [0.25, 0.3) is 22.3 Å². The van der Waals surface area contributed by atoms with Gasteiger partial charge in [-0.3, -0.25) is 14.2 Å². The zero-order valence-electron chi connectivity index (χ0n) is 18.0. The number of carbonyl (C=O) groups is 2. The molecule has 1 aromatic carbocycles. The third-order valence-electron chi connectivity index (χ3n) is 5.13. The molecule has 0 radical (unpaired) electrons. The number of fused-ring (bicyclic) bond motifs is 2. The molecular formula is C22H26N2O6P+. The average Bonchev–Trinajstić information content (AvgIpc) is 2.68. The first kappa shape index (κ1) is 22.7. The van der Waals surface area contributed by atoms with Gasteiger partial charge in [-0.15, -0.1) is 0 Å². The largest absolute Gasteiger partial charge is 0.480 e. The van der Waals surface area contributed by atoms with E-state index in [2.05, 4.69) is 0 Å². The maximum atomic E-state index is 13.5. The third-order valence-corrected chi connectivity index (χ3v) is 7.14. The van der Waals surface area contributed by atoms with E-state index in [1.54, 1.807) is 12.1 Å². The Morgan fingerprint density at radius 2 is 1.87 bits per heavy atom. The lowest BCUT2D eigenvalue weighted by atomic mass is 10.1. The topological polar surface area (TPSA) is 111 Å². The van der Waals surface area contributed by atoms with Gasteiger partial charge in [0.2, 0.25) is 18.6 Å². The van der Waals surface area contributed by atoms with Crippen LogP contribution in [-0.4, -0.2) is 60.6 Å². The summed E-state index contributed by atoms with van der Waals surface area (Å²) in [5, 5.41) is 10.5. The molecule has 0 saturated carbocycles. The summed E-state index contributed by atoms with van der Waals surface area (Å²) in [4.78, 5) is 35.2. The van der Waals surface area contributed by atoms with Gasteiger partial charge < -0.3 is 19.3 Å². The number of rotatable bonds is 6. The summed E-state index contributed by atoms with van der Waals surface area (Å²) in [6.07, 6.45) is -0.540. The molecule has 0 bridgehead atoms. The predicted octanol–water partition coefficient (Wildman–Crippen LogP) is 1.71. The van der Waals surface area contributed by atoms with Gasteiger partial charge in [-0.05, 0) is 24.6 Å². The number of carbonyl (C=O) groups excluding carboxylic acids is 1. The number of hydrogen-bond acceptors (Lipinski definition) is 4. The van der Waals surface area contributed by atoms with Gasteiger partial charge >= 0.3 is 5.97 Å². The second-order valence-electron chi connectivity index (χ2n) is 7.84. The minimum atomic E-state index is -3.99. The first-order chi connectivity index (χ1) is 14.5. The molecule has 1 aliphatic heterocycles. The highest BCUT2D eigenvalue weighted by Gasteiger charge is 2.31. The van der Waals surface area contributed by atoms with Crippen LogP contribution in [0, 0.1) is 6.92 Å². The molecule has 3 rings (SSSR count). The van der Waals surface area contributed by atoms with Gasteiger partial charge in [-0.25, -0.2) is 4.58 Å². The van der Waals surface area contributed by atoms with Gasteiger partial charge in [0.15, 0.2) is 0 Å². The molecule has 1 atom stereocenters. The molecule has 2 aliphatic rings. The molecule has 8 nitrogen and oxygen atoms in total. The number of nitrogens with zero attached hydrogens (tertiary/aromatic N) is 2. The van der Waals surface area contributed by atoms with Gasteiger partial charge in [0, 0.05) is 36.6 Å². The van der Waals surface area contributed by atoms with E-state index in [1.807, 2.05) is 49.9 Å². The smallest absolute Gasteiger partial charge is 0.323 e. The molecule has 1 unspecified atom stereocenters. The van der Waals surface area contributed by atoms with E-state index in [4.69, 9.17) is 9.52 Å². The Kier molecular flexibility index (Phi) is 6.34. The summed E-state index contributed by atoms with van der Waals surface area (Å²) in [5.41, 5.74) is 1.95. The van der Waals surface area contributed by atoms with Crippen LogP contribution < -0.4 is 15.2 Å². The average molecular weight is 445 g/mol. The van der Waals surface area contributed by atoms with E-state index in [-0.39, 0.29) is 17.9 Å². The fourth-order valence-electron chi connectivity index (χ4n) is 3.46. The molecule has 0 saturated heterocycles. The Hall–Kier alpha value is -2.96. The van der Waals surface area contributed by atoms with Crippen molar-refractivity contribution in [2.45, 2.75) is 13.3 Å². The monoisotopic (exact) mass is 445 g/mol. The number of aryl methyl sites for hydroxylation is 1. The van der Waals surface area contributed by atoms with Gasteiger partial charge in [0.1, 0.15) is 32.0 Å². The molecule has 31 heavy (non-hydrogen) atoms. The van der Waals surface area contributed by atoms with Gasteiger partial charge in [0.05, 0.1) is 11.4 Å². The SMILES string of the molecule is Cc1ccc2c(P(=O)(O)CCC(=O)N(C)CC(=O)O)c3ccc(=[N+](C)C)cc-3oc2c1. The Morgan fingerprint density at radius 3 is 2.52 bits per heavy atom. The summed E-state index contributed by atoms with van der Waals surface area (Å²) < 4.78 is 21.5. The quantitative estimate of drug-likeness (QED) is 0.340. The van der Waals surface area contributed by atoms with E-state index >= 15 is 0 Å². The number of aliphatic carboxylic acids is 1. The normalized spacial score (nSPS) is 13.2. The first-order valence-electron chi connectivity index (χ1n) is 9.75. The highest BCUT2D eigenvalue weighted by molar-refractivity contribution is 7.67. The van der Waals surface area contributed by atoms with Crippen LogP contribution >= 0.6 is 7.37 Å². The van der Waals surface area contributed by atoms with Crippen LogP contribution in [0.5, 0.6) is 0 Å². The number of amides is 1. The summed E-state index contributed by atoms with van der Waals surface area (Å²) in [7, 11) is 1.16. The van der Waals surface area contributed by atoms with Crippen molar-refractivity contribution in [2.75, 3.05) is 33.8 Å². The van der Waals surface area contributed by atoms with Crippen LogP contribution in [0.2, 0.25) is 0 Å². The Bertz CT molecular complexity index is 1260. The molecule has 164 valence electrons. The zero-order valence-corrected chi connectivity index (χ0v) is 18.8. The van der Waals surface area contributed by atoms with Crippen molar-refractivity contribution in [3.05, 3.63) is 47.3 Å².